The van der Waals surface area contributed by atoms with Crippen molar-refractivity contribution in [2.45, 2.75) is 43.1 Å². The summed E-state index contributed by atoms with van der Waals surface area (Å²) in [6.07, 6.45) is 5.03. The third-order valence-corrected chi connectivity index (χ3v) is 5.53. The van der Waals surface area contributed by atoms with Gasteiger partial charge in [0, 0.05) is 18.6 Å². The van der Waals surface area contributed by atoms with E-state index < -0.39 is 5.38 Å². The highest BCUT2D eigenvalue weighted by Gasteiger charge is 2.38. The van der Waals surface area contributed by atoms with E-state index in [-0.39, 0.29) is 5.91 Å². The van der Waals surface area contributed by atoms with E-state index in [1.54, 1.807) is 0 Å². The number of hydrogen-bond donors (Lipinski definition) is 1. The maximum atomic E-state index is 12.2. The fraction of sp³-hybridized carbons (Fsp3) is 0.588. The highest BCUT2D eigenvalue weighted by molar-refractivity contribution is 6.30. The molecule has 4 heteroatoms. The van der Waals surface area contributed by atoms with Crippen molar-refractivity contribution in [1.29, 1.82) is 0 Å². The minimum atomic E-state index is -0.589. The molecule has 2 saturated heterocycles. The van der Waals surface area contributed by atoms with Gasteiger partial charge in [-0.3, -0.25) is 4.79 Å². The number of nitrogens with zero attached hydrogens (tertiary/aromatic N) is 1. The maximum Gasteiger partial charge on any atom is 0.242 e. The van der Waals surface area contributed by atoms with Crippen LogP contribution in [0, 0.1) is 5.92 Å². The summed E-state index contributed by atoms with van der Waals surface area (Å²) in [4.78, 5) is 14.7. The number of fused-ring (bicyclic) bond motifs is 2. The van der Waals surface area contributed by atoms with Gasteiger partial charge in [-0.2, -0.15) is 0 Å². The summed E-state index contributed by atoms with van der Waals surface area (Å²) in [5.41, 5.74) is 0.861. The number of halogens is 1. The molecule has 2 aliphatic rings. The number of alkyl halides is 1. The SMILES string of the molecule is CN1C2CCC1CC(CNC(=O)C(Cl)c1ccccc1)C2. The van der Waals surface area contributed by atoms with Crippen molar-refractivity contribution in [2.24, 2.45) is 5.92 Å². The molecule has 1 N–H and O–H groups in total. The maximum absolute atomic E-state index is 12.2. The number of piperidine rings is 1. The molecular weight excluding hydrogens is 284 g/mol. The van der Waals surface area contributed by atoms with Crippen LogP contribution in [0.2, 0.25) is 0 Å². The molecule has 1 aromatic rings. The predicted molar refractivity (Wildman–Crippen MR) is 85.3 cm³/mol. The van der Waals surface area contributed by atoms with Crippen LogP contribution >= 0.6 is 11.6 Å². The summed E-state index contributed by atoms with van der Waals surface area (Å²) in [5, 5.41) is 2.46. The first-order valence-corrected chi connectivity index (χ1v) is 8.27. The Labute approximate surface area is 131 Å². The standard InChI is InChI=1S/C17H23ClN2O/c1-20-14-7-8-15(20)10-12(9-14)11-19-17(21)16(18)13-5-3-2-4-6-13/h2-6,12,14-16H,7-11H2,1H3,(H,19,21). The second-order valence-corrected chi connectivity index (χ2v) is 6.84. The zero-order chi connectivity index (χ0) is 14.8. The smallest absolute Gasteiger partial charge is 0.242 e. The highest BCUT2D eigenvalue weighted by Crippen LogP contribution is 2.37. The number of benzene rings is 1. The fourth-order valence-electron chi connectivity index (χ4n) is 3.80. The van der Waals surface area contributed by atoms with Gasteiger partial charge in [0.15, 0.2) is 0 Å². The van der Waals surface area contributed by atoms with Gasteiger partial charge in [-0.15, -0.1) is 11.6 Å². The molecule has 3 nitrogen and oxygen atoms in total. The summed E-state index contributed by atoms with van der Waals surface area (Å²) in [7, 11) is 2.24. The predicted octanol–water partition coefficient (Wildman–Crippen LogP) is 2.96. The lowest BCUT2D eigenvalue weighted by molar-refractivity contribution is -0.121. The third kappa shape index (κ3) is 3.24. The van der Waals surface area contributed by atoms with Gasteiger partial charge >= 0.3 is 0 Å². The summed E-state index contributed by atoms with van der Waals surface area (Å²) < 4.78 is 0. The van der Waals surface area contributed by atoms with E-state index in [1.165, 1.54) is 25.7 Å². The molecule has 0 radical (unpaired) electrons. The third-order valence-electron chi connectivity index (χ3n) is 5.08. The average Bonchev–Trinajstić information content (AvgIpc) is 2.75. The van der Waals surface area contributed by atoms with Gasteiger partial charge in [0.1, 0.15) is 5.38 Å². The fourth-order valence-corrected chi connectivity index (χ4v) is 4.02. The number of hydrogen-bond acceptors (Lipinski definition) is 2. The Morgan fingerprint density at radius 1 is 1.29 bits per heavy atom. The summed E-state index contributed by atoms with van der Waals surface area (Å²) >= 11 is 6.25. The molecule has 2 bridgehead atoms. The molecule has 2 aliphatic heterocycles. The topological polar surface area (TPSA) is 32.3 Å². The first kappa shape index (κ1) is 14.9. The first-order valence-electron chi connectivity index (χ1n) is 7.84. The molecule has 0 spiro atoms. The van der Waals surface area contributed by atoms with Crippen LogP contribution in [-0.2, 0) is 4.79 Å². The van der Waals surface area contributed by atoms with E-state index in [1.807, 2.05) is 30.3 Å². The molecule has 1 aromatic carbocycles. The van der Waals surface area contributed by atoms with Crippen LogP contribution in [-0.4, -0.2) is 36.5 Å². The molecule has 2 fully saturated rings. The second-order valence-electron chi connectivity index (χ2n) is 6.41. The van der Waals surface area contributed by atoms with Crippen LogP contribution in [0.1, 0.15) is 36.6 Å². The first-order chi connectivity index (χ1) is 10.1. The van der Waals surface area contributed by atoms with Crippen molar-refractivity contribution >= 4 is 17.5 Å². The molecule has 21 heavy (non-hydrogen) atoms. The van der Waals surface area contributed by atoms with Crippen molar-refractivity contribution in [2.75, 3.05) is 13.6 Å². The molecule has 2 heterocycles. The van der Waals surface area contributed by atoms with Gasteiger partial charge in [-0.1, -0.05) is 30.3 Å². The number of carbonyl (C=O) groups is 1. The van der Waals surface area contributed by atoms with E-state index in [2.05, 4.69) is 17.3 Å². The van der Waals surface area contributed by atoms with E-state index in [9.17, 15) is 4.79 Å². The van der Waals surface area contributed by atoms with Crippen molar-refractivity contribution in [3.05, 3.63) is 35.9 Å². The molecule has 3 unspecified atom stereocenters. The van der Waals surface area contributed by atoms with Crippen LogP contribution in [0.5, 0.6) is 0 Å². The van der Waals surface area contributed by atoms with Crippen molar-refractivity contribution in [1.82, 2.24) is 10.2 Å². The number of amides is 1. The second kappa shape index (κ2) is 6.37. The Morgan fingerprint density at radius 2 is 1.90 bits per heavy atom. The van der Waals surface area contributed by atoms with Crippen molar-refractivity contribution in [3.8, 4) is 0 Å². The number of rotatable bonds is 4. The van der Waals surface area contributed by atoms with E-state index >= 15 is 0 Å². The Balaban J connectivity index is 1.50. The molecule has 1 amide bonds. The monoisotopic (exact) mass is 306 g/mol. The summed E-state index contributed by atoms with van der Waals surface area (Å²) in [6.45, 7) is 0.760. The molecule has 0 aromatic heterocycles. The van der Waals surface area contributed by atoms with Crippen LogP contribution in [0.3, 0.4) is 0 Å². The van der Waals surface area contributed by atoms with Crippen LogP contribution in [0.25, 0.3) is 0 Å². The van der Waals surface area contributed by atoms with Gasteiger partial charge in [-0.05, 0) is 44.2 Å². The highest BCUT2D eigenvalue weighted by atomic mass is 35.5. The van der Waals surface area contributed by atoms with Gasteiger partial charge < -0.3 is 10.2 Å². The average molecular weight is 307 g/mol. The molecule has 0 saturated carbocycles. The van der Waals surface area contributed by atoms with Crippen molar-refractivity contribution < 1.29 is 4.79 Å². The minimum Gasteiger partial charge on any atom is -0.354 e. The Morgan fingerprint density at radius 3 is 2.52 bits per heavy atom. The van der Waals surface area contributed by atoms with E-state index in [0.29, 0.717) is 18.0 Å². The lowest BCUT2D eigenvalue weighted by Crippen LogP contribution is -2.43. The molecule has 3 atom stereocenters. The molecular formula is C17H23ClN2O. The Hall–Kier alpha value is -1.06. The summed E-state index contributed by atoms with van der Waals surface area (Å²) in [6, 6.07) is 11.0. The molecule has 3 rings (SSSR count). The van der Waals surface area contributed by atoms with Crippen LogP contribution in [0.15, 0.2) is 30.3 Å². The van der Waals surface area contributed by atoms with E-state index in [0.717, 1.165) is 12.1 Å². The van der Waals surface area contributed by atoms with Crippen LogP contribution < -0.4 is 5.32 Å². The van der Waals surface area contributed by atoms with E-state index in [4.69, 9.17) is 11.6 Å². The summed E-state index contributed by atoms with van der Waals surface area (Å²) in [5.74, 6) is 0.524. The zero-order valence-corrected chi connectivity index (χ0v) is 13.2. The normalized spacial score (nSPS) is 30.1. The van der Waals surface area contributed by atoms with Gasteiger partial charge in [0.25, 0.3) is 0 Å². The zero-order valence-electron chi connectivity index (χ0n) is 12.5. The number of nitrogens with one attached hydrogen (secondary N) is 1. The lowest BCUT2D eigenvalue weighted by atomic mass is 9.91. The van der Waals surface area contributed by atoms with Crippen LogP contribution in [0.4, 0.5) is 0 Å². The Bertz CT molecular complexity index is 479. The van der Waals surface area contributed by atoms with Gasteiger partial charge in [0.05, 0.1) is 0 Å². The minimum absolute atomic E-state index is 0.0749. The number of carbonyl (C=O) groups excluding carboxylic acids is 1. The van der Waals surface area contributed by atoms with Crippen molar-refractivity contribution in [3.63, 3.8) is 0 Å². The quantitative estimate of drug-likeness (QED) is 0.868. The van der Waals surface area contributed by atoms with Gasteiger partial charge in [0.2, 0.25) is 5.91 Å². The lowest BCUT2D eigenvalue weighted by Gasteiger charge is -2.36. The largest absolute Gasteiger partial charge is 0.354 e. The molecule has 0 aliphatic carbocycles. The molecule has 114 valence electrons. The van der Waals surface area contributed by atoms with Gasteiger partial charge in [-0.25, -0.2) is 0 Å². The Kier molecular flexibility index (Phi) is 4.51.